The maximum absolute atomic E-state index is 11.7. The van der Waals surface area contributed by atoms with Crippen LogP contribution in [0, 0.1) is 5.92 Å². The maximum Gasteiger partial charge on any atom is 0.321 e. The molecule has 1 heterocycles. The van der Waals surface area contributed by atoms with Crippen molar-refractivity contribution >= 4 is 23.7 Å². The minimum absolute atomic E-state index is 0.0773. The van der Waals surface area contributed by atoms with Gasteiger partial charge in [-0.3, -0.25) is 10.1 Å². The Bertz CT molecular complexity index is 657. The van der Waals surface area contributed by atoms with Crippen molar-refractivity contribution < 1.29 is 9.59 Å². The highest BCUT2D eigenvalue weighted by molar-refractivity contribution is 7.99. The van der Waals surface area contributed by atoms with Gasteiger partial charge in [0.25, 0.3) is 0 Å². The molecule has 2 N–H and O–H groups in total. The highest BCUT2D eigenvalue weighted by Crippen LogP contribution is 2.13. The molecule has 0 saturated heterocycles. The molecule has 0 saturated carbocycles. The van der Waals surface area contributed by atoms with Crippen molar-refractivity contribution in [2.24, 2.45) is 5.92 Å². The fourth-order valence-corrected chi connectivity index (χ4v) is 2.25. The predicted octanol–water partition coefficient (Wildman–Crippen LogP) is 1.84. The second-order valence-electron chi connectivity index (χ2n) is 5.25. The SMILES string of the molecule is CC(C)CNC(=O)NC(=O)CSc1ncn(-c2ccccc2)n1. The van der Waals surface area contributed by atoms with E-state index in [1.54, 1.807) is 11.0 Å². The minimum atomic E-state index is -0.480. The molecule has 0 spiro atoms. The third kappa shape index (κ3) is 5.74. The highest BCUT2D eigenvalue weighted by Gasteiger charge is 2.10. The first-order chi connectivity index (χ1) is 11.0. The Morgan fingerprint density at radius 2 is 2.00 bits per heavy atom. The van der Waals surface area contributed by atoms with E-state index in [0.717, 1.165) is 5.69 Å². The summed E-state index contributed by atoms with van der Waals surface area (Å²) in [5.41, 5.74) is 0.893. The molecular weight excluding hydrogens is 314 g/mol. The molecule has 0 aliphatic carbocycles. The van der Waals surface area contributed by atoms with Crippen LogP contribution in [0.1, 0.15) is 13.8 Å². The standard InChI is InChI=1S/C15H19N5O2S/c1-11(2)8-16-14(22)18-13(21)9-23-15-17-10-20(19-15)12-6-4-3-5-7-12/h3-7,10-11H,8-9H2,1-2H3,(H2,16,18,21,22). The summed E-state index contributed by atoms with van der Waals surface area (Å²) in [6.45, 7) is 4.48. The lowest BCUT2D eigenvalue weighted by Gasteiger charge is -2.07. The van der Waals surface area contributed by atoms with Crippen LogP contribution < -0.4 is 10.6 Å². The fourth-order valence-electron chi connectivity index (χ4n) is 1.65. The Labute approximate surface area is 138 Å². The van der Waals surface area contributed by atoms with E-state index >= 15 is 0 Å². The van der Waals surface area contributed by atoms with E-state index in [1.165, 1.54) is 11.8 Å². The lowest BCUT2D eigenvalue weighted by atomic mass is 10.2. The Balaban J connectivity index is 1.79. The number of para-hydroxylation sites is 1. The number of thioether (sulfide) groups is 1. The summed E-state index contributed by atoms with van der Waals surface area (Å²) >= 11 is 1.18. The Hall–Kier alpha value is -2.35. The monoisotopic (exact) mass is 333 g/mol. The van der Waals surface area contributed by atoms with E-state index < -0.39 is 6.03 Å². The zero-order valence-electron chi connectivity index (χ0n) is 13.0. The van der Waals surface area contributed by atoms with Crippen molar-refractivity contribution in [3.05, 3.63) is 36.7 Å². The molecule has 0 bridgehead atoms. The Morgan fingerprint density at radius 3 is 2.70 bits per heavy atom. The van der Waals surface area contributed by atoms with E-state index in [1.807, 2.05) is 44.2 Å². The quantitative estimate of drug-likeness (QED) is 0.788. The summed E-state index contributed by atoms with van der Waals surface area (Å²) in [4.78, 5) is 27.3. The van der Waals surface area contributed by atoms with Crippen molar-refractivity contribution in [3.63, 3.8) is 0 Å². The third-order valence-corrected chi connectivity index (χ3v) is 3.60. The summed E-state index contributed by atoms with van der Waals surface area (Å²) in [7, 11) is 0. The average Bonchev–Trinajstić information content (AvgIpc) is 3.01. The van der Waals surface area contributed by atoms with Gasteiger partial charge in [-0.05, 0) is 18.1 Å². The number of rotatable bonds is 6. The molecular formula is C15H19N5O2S. The number of benzene rings is 1. The van der Waals surface area contributed by atoms with Gasteiger partial charge in [0.15, 0.2) is 0 Å². The lowest BCUT2D eigenvalue weighted by molar-refractivity contribution is -0.117. The minimum Gasteiger partial charge on any atom is -0.338 e. The number of aromatic nitrogens is 3. The van der Waals surface area contributed by atoms with Crippen LogP contribution in [0.15, 0.2) is 41.8 Å². The number of imide groups is 1. The number of carbonyl (C=O) groups is 2. The van der Waals surface area contributed by atoms with Crippen LogP contribution in [-0.4, -0.2) is 39.0 Å². The molecule has 2 aromatic rings. The summed E-state index contributed by atoms with van der Waals surface area (Å²) < 4.78 is 1.63. The number of nitrogens with one attached hydrogen (secondary N) is 2. The highest BCUT2D eigenvalue weighted by atomic mass is 32.2. The van der Waals surface area contributed by atoms with Crippen molar-refractivity contribution in [2.75, 3.05) is 12.3 Å². The Morgan fingerprint density at radius 1 is 1.26 bits per heavy atom. The van der Waals surface area contributed by atoms with Crippen molar-refractivity contribution in [3.8, 4) is 5.69 Å². The van der Waals surface area contributed by atoms with Gasteiger partial charge in [0.2, 0.25) is 11.1 Å². The third-order valence-electron chi connectivity index (χ3n) is 2.75. The van der Waals surface area contributed by atoms with Crippen LogP contribution in [0.25, 0.3) is 5.69 Å². The first-order valence-electron chi connectivity index (χ1n) is 7.22. The average molecular weight is 333 g/mol. The molecule has 7 nitrogen and oxygen atoms in total. The fraction of sp³-hybridized carbons (Fsp3) is 0.333. The zero-order valence-corrected chi connectivity index (χ0v) is 13.8. The van der Waals surface area contributed by atoms with Gasteiger partial charge in [-0.15, -0.1) is 5.10 Å². The second kappa shape index (κ2) is 8.33. The molecule has 8 heteroatoms. The number of hydrogen-bond donors (Lipinski definition) is 2. The van der Waals surface area contributed by atoms with Crippen molar-refractivity contribution in [2.45, 2.75) is 19.0 Å². The van der Waals surface area contributed by atoms with Crippen LogP contribution in [0.5, 0.6) is 0 Å². The largest absolute Gasteiger partial charge is 0.338 e. The molecule has 1 aromatic carbocycles. The van der Waals surface area contributed by atoms with E-state index in [9.17, 15) is 9.59 Å². The van der Waals surface area contributed by atoms with Gasteiger partial charge in [-0.1, -0.05) is 43.8 Å². The van der Waals surface area contributed by atoms with Crippen LogP contribution in [0.3, 0.4) is 0 Å². The molecule has 0 radical (unpaired) electrons. The van der Waals surface area contributed by atoms with Gasteiger partial charge in [-0.25, -0.2) is 14.5 Å². The summed E-state index contributed by atoms with van der Waals surface area (Å²) in [6.07, 6.45) is 1.59. The lowest BCUT2D eigenvalue weighted by Crippen LogP contribution is -2.41. The van der Waals surface area contributed by atoms with E-state index in [4.69, 9.17) is 0 Å². The first kappa shape index (κ1) is 17.0. The number of carbonyl (C=O) groups excluding carboxylic acids is 2. The Kier molecular flexibility index (Phi) is 6.16. The predicted molar refractivity (Wildman–Crippen MR) is 88.5 cm³/mol. The molecule has 2 rings (SSSR count). The molecule has 0 unspecified atom stereocenters. The molecule has 23 heavy (non-hydrogen) atoms. The van der Waals surface area contributed by atoms with Gasteiger partial charge < -0.3 is 5.32 Å². The second-order valence-corrected chi connectivity index (χ2v) is 6.19. The van der Waals surface area contributed by atoms with Crippen molar-refractivity contribution in [1.82, 2.24) is 25.4 Å². The number of amides is 3. The van der Waals surface area contributed by atoms with Crippen LogP contribution >= 0.6 is 11.8 Å². The summed E-state index contributed by atoms with van der Waals surface area (Å²) in [5, 5.41) is 9.65. The van der Waals surface area contributed by atoms with Crippen molar-refractivity contribution in [1.29, 1.82) is 0 Å². The topological polar surface area (TPSA) is 88.9 Å². The normalized spacial score (nSPS) is 10.6. The van der Waals surface area contributed by atoms with Crippen LogP contribution in [0.2, 0.25) is 0 Å². The number of urea groups is 1. The summed E-state index contributed by atoms with van der Waals surface area (Å²) in [5.74, 6) is 0.0251. The van der Waals surface area contributed by atoms with E-state index in [2.05, 4.69) is 20.7 Å². The molecule has 1 aromatic heterocycles. The van der Waals surface area contributed by atoms with Gasteiger partial charge in [0.1, 0.15) is 6.33 Å². The molecule has 0 fully saturated rings. The smallest absolute Gasteiger partial charge is 0.321 e. The van der Waals surface area contributed by atoms with E-state index in [-0.39, 0.29) is 11.7 Å². The summed E-state index contributed by atoms with van der Waals surface area (Å²) in [6, 6.07) is 9.08. The van der Waals surface area contributed by atoms with Gasteiger partial charge in [0.05, 0.1) is 11.4 Å². The van der Waals surface area contributed by atoms with E-state index in [0.29, 0.717) is 17.6 Å². The van der Waals surface area contributed by atoms with Crippen LogP contribution in [0.4, 0.5) is 4.79 Å². The van der Waals surface area contributed by atoms with Gasteiger partial charge in [-0.2, -0.15) is 0 Å². The molecule has 0 aliphatic rings. The molecule has 0 atom stereocenters. The molecule has 3 amide bonds. The van der Waals surface area contributed by atoms with Gasteiger partial charge >= 0.3 is 6.03 Å². The molecule has 0 aliphatic heterocycles. The van der Waals surface area contributed by atoms with Gasteiger partial charge in [0, 0.05) is 6.54 Å². The first-order valence-corrected chi connectivity index (χ1v) is 8.20. The number of nitrogens with zero attached hydrogens (tertiary/aromatic N) is 3. The molecule has 122 valence electrons. The maximum atomic E-state index is 11.7. The van der Waals surface area contributed by atoms with Crippen LogP contribution in [-0.2, 0) is 4.79 Å². The number of hydrogen-bond acceptors (Lipinski definition) is 5. The zero-order chi connectivity index (χ0) is 16.7.